The van der Waals surface area contributed by atoms with Crippen LogP contribution >= 0.6 is 0 Å². The summed E-state index contributed by atoms with van der Waals surface area (Å²) in [5.41, 5.74) is 2.87. The number of benzene rings is 1. The maximum absolute atomic E-state index is 3.44. The van der Waals surface area contributed by atoms with E-state index in [1.54, 1.807) is 0 Å². The smallest absolute Gasteiger partial charge is 0.0326 e. The minimum atomic E-state index is 0.526. The molecule has 88 valence electrons. The number of nitrogens with zero attached hydrogens (tertiary/aromatic N) is 1. The molecular formula is C14H22N2. The summed E-state index contributed by atoms with van der Waals surface area (Å²) in [6.45, 7) is 10.2. The summed E-state index contributed by atoms with van der Waals surface area (Å²) < 4.78 is 0. The summed E-state index contributed by atoms with van der Waals surface area (Å²) in [4.78, 5) is 2.60. The van der Waals surface area contributed by atoms with Crippen molar-refractivity contribution in [3.05, 3.63) is 35.4 Å². The first-order valence-corrected chi connectivity index (χ1v) is 6.22. The Hall–Kier alpha value is -0.860. The summed E-state index contributed by atoms with van der Waals surface area (Å²) in [7, 11) is 0. The number of hydrogen-bond donors (Lipinski definition) is 1. The van der Waals surface area contributed by atoms with Gasteiger partial charge >= 0.3 is 0 Å². The number of nitrogens with one attached hydrogen (secondary N) is 1. The Labute approximate surface area is 98.7 Å². The van der Waals surface area contributed by atoms with E-state index in [1.807, 2.05) is 0 Å². The van der Waals surface area contributed by atoms with Crippen molar-refractivity contribution in [3.63, 3.8) is 0 Å². The van der Waals surface area contributed by atoms with Crippen LogP contribution in [0, 0.1) is 6.92 Å². The van der Waals surface area contributed by atoms with E-state index in [4.69, 9.17) is 0 Å². The minimum absolute atomic E-state index is 0.526. The summed E-state index contributed by atoms with van der Waals surface area (Å²) in [6.07, 6.45) is 0. The predicted molar refractivity (Wildman–Crippen MR) is 68.6 cm³/mol. The van der Waals surface area contributed by atoms with Crippen LogP contribution in [0.25, 0.3) is 0 Å². The molecule has 0 amide bonds. The molecule has 1 saturated heterocycles. The molecule has 2 rings (SSSR count). The average molecular weight is 218 g/mol. The van der Waals surface area contributed by atoms with Gasteiger partial charge in [0.2, 0.25) is 0 Å². The third-order valence-electron chi connectivity index (χ3n) is 3.69. The second-order valence-electron chi connectivity index (χ2n) is 4.82. The molecule has 2 heteroatoms. The van der Waals surface area contributed by atoms with Crippen LogP contribution in [-0.2, 0) is 0 Å². The monoisotopic (exact) mass is 218 g/mol. The third kappa shape index (κ3) is 2.28. The fraction of sp³-hybridized carbons (Fsp3) is 0.571. The Morgan fingerprint density at radius 3 is 2.81 bits per heavy atom. The second-order valence-corrected chi connectivity index (χ2v) is 4.82. The van der Waals surface area contributed by atoms with Gasteiger partial charge in [0.1, 0.15) is 0 Å². The molecule has 1 N–H and O–H groups in total. The van der Waals surface area contributed by atoms with Gasteiger partial charge in [0, 0.05) is 31.7 Å². The van der Waals surface area contributed by atoms with Crippen LogP contribution < -0.4 is 5.32 Å². The van der Waals surface area contributed by atoms with Gasteiger partial charge in [-0.15, -0.1) is 0 Å². The van der Waals surface area contributed by atoms with Crippen molar-refractivity contribution in [2.24, 2.45) is 0 Å². The molecule has 1 aliphatic rings. The normalized spacial score (nSPS) is 24.3. The predicted octanol–water partition coefficient (Wildman–Crippen LogP) is 2.35. The van der Waals surface area contributed by atoms with Crippen molar-refractivity contribution in [1.82, 2.24) is 10.2 Å². The van der Waals surface area contributed by atoms with E-state index in [9.17, 15) is 0 Å². The zero-order chi connectivity index (χ0) is 11.5. The van der Waals surface area contributed by atoms with E-state index in [0.717, 1.165) is 19.6 Å². The lowest BCUT2D eigenvalue weighted by atomic mass is 9.99. The highest BCUT2D eigenvalue weighted by molar-refractivity contribution is 5.28. The molecule has 1 aromatic rings. The van der Waals surface area contributed by atoms with Crippen molar-refractivity contribution in [1.29, 1.82) is 0 Å². The maximum Gasteiger partial charge on any atom is 0.0326 e. The number of rotatable bonds is 2. The van der Waals surface area contributed by atoms with Crippen LogP contribution in [-0.4, -0.2) is 30.6 Å². The van der Waals surface area contributed by atoms with E-state index < -0.39 is 0 Å². The lowest BCUT2D eigenvalue weighted by Gasteiger charge is -2.39. The van der Waals surface area contributed by atoms with Gasteiger partial charge in [0.05, 0.1) is 0 Å². The maximum atomic E-state index is 3.44. The average Bonchev–Trinajstić information content (AvgIpc) is 2.29. The third-order valence-corrected chi connectivity index (χ3v) is 3.69. The molecule has 0 aromatic heterocycles. The van der Waals surface area contributed by atoms with Gasteiger partial charge in [-0.25, -0.2) is 0 Å². The Morgan fingerprint density at radius 2 is 2.12 bits per heavy atom. The van der Waals surface area contributed by atoms with Gasteiger partial charge in [0.25, 0.3) is 0 Å². The summed E-state index contributed by atoms with van der Waals surface area (Å²) in [5, 5.41) is 3.44. The molecule has 16 heavy (non-hydrogen) atoms. The van der Waals surface area contributed by atoms with Crippen LogP contribution in [0.2, 0.25) is 0 Å². The molecule has 2 nitrogen and oxygen atoms in total. The Bertz CT molecular complexity index is 348. The SMILES string of the molecule is Cc1ccccc1C(C)N1CCNCC1C. The number of aryl methyl sites for hydroxylation is 1. The van der Waals surface area contributed by atoms with Crippen molar-refractivity contribution < 1.29 is 0 Å². The van der Waals surface area contributed by atoms with Crippen molar-refractivity contribution in [2.45, 2.75) is 32.9 Å². The van der Waals surface area contributed by atoms with Crippen molar-refractivity contribution in [2.75, 3.05) is 19.6 Å². The van der Waals surface area contributed by atoms with Crippen LogP contribution in [0.1, 0.15) is 31.0 Å². The van der Waals surface area contributed by atoms with Crippen molar-refractivity contribution >= 4 is 0 Å². The first-order valence-electron chi connectivity index (χ1n) is 6.22. The molecule has 0 saturated carbocycles. The molecule has 0 aliphatic carbocycles. The van der Waals surface area contributed by atoms with Gasteiger partial charge in [-0.3, -0.25) is 4.90 Å². The van der Waals surface area contributed by atoms with Gasteiger partial charge in [-0.05, 0) is 31.9 Å². The highest BCUT2D eigenvalue weighted by atomic mass is 15.2. The second kappa shape index (κ2) is 4.98. The van der Waals surface area contributed by atoms with E-state index >= 15 is 0 Å². The standard InChI is InChI=1S/C14H22N2/c1-11-6-4-5-7-14(11)13(3)16-9-8-15-10-12(16)2/h4-7,12-13,15H,8-10H2,1-3H3. The van der Waals surface area contributed by atoms with Crippen molar-refractivity contribution in [3.8, 4) is 0 Å². The van der Waals surface area contributed by atoms with E-state index in [-0.39, 0.29) is 0 Å². The number of hydrogen-bond acceptors (Lipinski definition) is 2. The quantitative estimate of drug-likeness (QED) is 0.819. The highest BCUT2D eigenvalue weighted by Crippen LogP contribution is 2.25. The summed E-state index contributed by atoms with van der Waals surface area (Å²) in [5.74, 6) is 0. The molecule has 2 unspecified atom stereocenters. The molecule has 0 spiro atoms. The fourth-order valence-corrected chi connectivity index (χ4v) is 2.67. The van der Waals surface area contributed by atoms with Gasteiger partial charge in [0.15, 0.2) is 0 Å². The zero-order valence-electron chi connectivity index (χ0n) is 10.5. The van der Waals surface area contributed by atoms with Crippen LogP contribution in [0.15, 0.2) is 24.3 Å². The summed E-state index contributed by atoms with van der Waals surface area (Å²) in [6, 6.07) is 9.88. The topological polar surface area (TPSA) is 15.3 Å². The van der Waals surface area contributed by atoms with Gasteiger partial charge < -0.3 is 5.32 Å². The molecule has 0 bridgehead atoms. The van der Waals surface area contributed by atoms with E-state index in [0.29, 0.717) is 12.1 Å². The largest absolute Gasteiger partial charge is 0.314 e. The lowest BCUT2D eigenvalue weighted by molar-refractivity contribution is 0.125. The van der Waals surface area contributed by atoms with Crippen LogP contribution in [0.3, 0.4) is 0 Å². The Kier molecular flexibility index (Phi) is 3.62. The van der Waals surface area contributed by atoms with Gasteiger partial charge in [-0.2, -0.15) is 0 Å². The summed E-state index contributed by atoms with van der Waals surface area (Å²) >= 11 is 0. The van der Waals surface area contributed by atoms with E-state index in [1.165, 1.54) is 11.1 Å². The molecule has 1 aromatic carbocycles. The van der Waals surface area contributed by atoms with Crippen LogP contribution in [0.4, 0.5) is 0 Å². The molecule has 1 fully saturated rings. The Morgan fingerprint density at radius 1 is 1.38 bits per heavy atom. The van der Waals surface area contributed by atoms with Gasteiger partial charge in [-0.1, -0.05) is 24.3 Å². The molecular weight excluding hydrogens is 196 g/mol. The molecule has 0 radical (unpaired) electrons. The van der Waals surface area contributed by atoms with Crippen LogP contribution in [0.5, 0.6) is 0 Å². The fourth-order valence-electron chi connectivity index (χ4n) is 2.67. The Balaban J connectivity index is 2.17. The lowest BCUT2D eigenvalue weighted by Crippen LogP contribution is -2.50. The molecule has 2 atom stereocenters. The molecule has 1 aliphatic heterocycles. The van der Waals surface area contributed by atoms with E-state index in [2.05, 4.69) is 55.3 Å². The first-order chi connectivity index (χ1) is 7.70. The zero-order valence-corrected chi connectivity index (χ0v) is 10.5. The first kappa shape index (κ1) is 11.6. The number of piperazine rings is 1. The molecule has 1 heterocycles. The highest BCUT2D eigenvalue weighted by Gasteiger charge is 2.24. The minimum Gasteiger partial charge on any atom is -0.314 e.